The predicted molar refractivity (Wildman–Crippen MR) is 76.5 cm³/mol. The highest BCUT2D eigenvalue weighted by Gasteiger charge is 2.39. The number of hydrogen-bond donors (Lipinski definition) is 2. The van der Waals surface area contributed by atoms with E-state index in [0.29, 0.717) is 18.7 Å². The van der Waals surface area contributed by atoms with Crippen molar-refractivity contribution in [3.63, 3.8) is 0 Å². The Morgan fingerprint density at radius 1 is 1.60 bits per heavy atom. The van der Waals surface area contributed by atoms with Crippen molar-refractivity contribution in [2.75, 3.05) is 12.3 Å². The number of aliphatic carboxylic acids is 1. The largest absolute Gasteiger partial charge is 0.480 e. The summed E-state index contributed by atoms with van der Waals surface area (Å²) < 4.78 is 0. The Hall–Kier alpha value is -1.76. The van der Waals surface area contributed by atoms with Crippen LogP contribution in [-0.2, 0) is 11.2 Å². The first-order valence-corrected chi connectivity index (χ1v) is 7.44. The highest BCUT2D eigenvalue weighted by molar-refractivity contribution is 8.00. The Kier molecular flexibility index (Phi) is 4.84. The van der Waals surface area contributed by atoms with Gasteiger partial charge in [0.25, 0.3) is 0 Å². The summed E-state index contributed by atoms with van der Waals surface area (Å²) in [4.78, 5) is 28.6. The van der Waals surface area contributed by atoms with Gasteiger partial charge in [0.1, 0.15) is 6.04 Å². The molecule has 2 amide bonds. The van der Waals surface area contributed by atoms with Crippen molar-refractivity contribution in [1.29, 1.82) is 0 Å². The topological polar surface area (TPSA) is 82.5 Å². The molecule has 0 spiro atoms. The molecule has 1 saturated heterocycles. The zero-order chi connectivity index (χ0) is 14.5. The molecule has 0 aromatic carbocycles. The molecular formula is C13H17N3O3S. The van der Waals surface area contributed by atoms with E-state index in [4.69, 9.17) is 5.11 Å². The molecule has 0 bridgehead atoms. The van der Waals surface area contributed by atoms with Gasteiger partial charge in [-0.15, -0.1) is 11.8 Å². The average molecular weight is 295 g/mol. The fraction of sp³-hybridized carbons (Fsp3) is 0.462. The van der Waals surface area contributed by atoms with Crippen molar-refractivity contribution in [2.45, 2.75) is 24.8 Å². The average Bonchev–Trinajstić information content (AvgIpc) is 2.82. The molecule has 20 heavy (non-hydrogen) atoms. The van der Waals surface area contributed by atoms with Crippen molar-refractivity contribution in [3.05, 3.63) is 30.1 Å². The molecule has 2 rings (SSSR count). The maximum absolute atomic E-state index is 12.1. The van der Waals surface area contributed by atoms with Gasteiger partial charge in [-0.25, -0.2) is 9.59 Å². The molecule has 0 saturated carbocycles. The van der Waals surface area contributed by atoms with Gasteiger partial charge in [0.05, 0.1) is 5.37 Å². The van der Waals surface area contributed by atoms with Gasteiger partial charge in [-0.3, -0.25) is 9.88 Å². The van der Waals surface area contributed by atoms with E-state index in [1.54, 1.807) is 12.4 Å². The van der Waals surface area contributed by atoms with Crippen LogP contribution < -0.4 is 5.32 Å². The molecule has 7 heteroatoms. The Morgan fingerprint density at radius 2 is 2.40 bits per heavy atom. The summed E-state index contributed by atoms with van der Waals surface area (Å²) in [6.45, 7) is 2.30. The van der Waals surface area contributed by atoms with Gasteiger partial charge >= 0.3 is 12.0 Å². The van der Waals surface area contributed by atoms with E-state index in [1.807, 2.05) is 19.1 Å². The number of hydrogen-bond acceptors (Lipinski definition) is 4. The number of amides is 2. The van der Waals surface area contributed by atoms with Crippen LogP contribution in [0.1, 0.15) is 12.5 Å². The minimum absolute atomic E-state index is 0.116. The van der Waals surface area contributed by atoms with Gasteiger partial charge in [0, 0.05) is 24.7 Å². The van der Waals surface area contributed by atoms with E-state index in [0.717, 1.165) is 5.56 Å². The summed E-state index contributed by atoms with van der Waals surface area (Å²) in [5.74, 6) is -0.517. The minimum atomic E-state index is -0.954. The monoisotopic (exact) mass is 295 g/mol. The van der Waals surface area contributed by atoms with Gasteiger partial charge in [-0.1, -0.05) is 6.07 Å². The molecule has 0 aliphatic carbocycles. The number of aromatic nitrogens is 1. The van der Waals surface area contributed by atoms with Crippen molar-refractivity contribution in [2.24, 2.45) is 0 Å². The second kappa shape index (κ2) is 6.60. The van der Waals surface area contributed by atoms with Crippen molar-refractivity contribution >= 4 is 23.8 Å². The number of carbonyl (C=O) groups is 2. The molecule has 1 aromatic heterocycles. The third-order valence-electron chi connectivity index (χ3n) is 3.16. The van der Waals surface area contributed by atoms with Gasteiger partial charge in [0.15, 0.2) is 0 Å². The lowest BCUT2D eigenvalue weighted by molar-refractivity contribution is -0.141. The molecule has 2 atom stereocenters. The number of urea groups is 1. The van der Waals surface area contributed by atoms with E-state index < -0.39 is 12.0 Å². The van der Waals surface area contributed by atoms with Crippen LogP contribution in [0.3, 0.4) is 0 Å². The van der Waals surface area contributed by atoms with Crippen LogP contribution in [0.2, 0.25) is 0 Å². The smallest absolute Gasteiger partial charge is 0.327 e. The van der Waals surface area contributed by atoms with Crippen LogP contribution in [0, 0.1) is 0 Å². The van der Waals surface area contributed by atoms with Gasteiger partial charge in [-0.2, -0.15) is 0 Å². The first kappa shape index (κ1) is 14.6. The second-order valence-electron chi connectivity index (χ2n) is 4.54. The van der Waals surface area contributed by atoms with Gasteiger partial charge in [0.2, 0.25) is 0 Å². The first-order valence-electron chi connectivity index (χ1n) is 6.39. The fourth-order valence-electron chi connectivity index (χ4n) is 2.09. The number of carbonyl (C=O) groups excluding carboxylic acids is 1. The number of thioether (sulfide) groups is 1. The molecule has 6 nitrogen and oxygen atoms in total. The Morgan fingerprint density at radius 3 is 3.05 bits per heavy atom. The molecule has 1 fully saturated rings. The number of nitrogens with zero attached hydrogens (tertiary/aromatic N) is 2. The van der Waals surface area contributed by atoms with E-state index in [-0.39, 0.29) is 11.4 Å². The summed E-state index contributed by atoms with van der Waals surface area (Å²) in [5, 5.41) is 11.8. The lowest BCUT2D eigenvalue weighted by atomic mass is 10.2. The van der Waals surface area contributed by atoms with Crippen LogP contribution in [0.5, 0.6) is 0 Å². The van der Waals surface area contributed by atoms with E-state index in [1.165, 1.54) is 16.7 Å². The Bertz CT molecular complexity index is 483. The molecule has 2 N–H and O–H groups in total. The van der Waals surface area contributed by atoms with Gasteiger partial charge < -0.3 is 10.4 Å². The summed E-state index contributed by atoms with van der Waals surface area (Å²) in [7, 11) is 0. The molecule has 108 valence electrons. The fourth-order valence-corrected chi connectivity index (χ4v) is 3.26. The SMILES string of the molecule is CC1SCC(C(=O)O)N1C(=O)NCCc1cccnc1. The molecule has 1 aliphatic heterocycles. The highest BCUT2D eigenvalue weighted by atomic mass is 32.2. The van der Waals surface area contributed by atoms with Crippen LogP contribution in [0.25, 0.3) is 0 Å². The first-order chi connectivity index (χ1) is 9.59. The van der Waals surface area contributed by atoms with E-state index >= 15 is 0 Å². The summed E-state index contributed by atoms with van der Waals surface area (Å²) in [6.07, 6.45) is 4.12. The van der Waals surface area contributed by atoms with Crippen LogP contribution in [0.4, 0.5) is 4.79 Å². The molecule has 0 radical (unpaired) electrons. The Balaban J connectivity index is 1.86. The quantitative estimate of drug-likeness (QED) is 0.871. The standard InChI is InChI=1S/C13H17N3O3S/c1-9-16(11(8-20-9)12(17)18)13(19)15-6-4-10-3-2-5-14-7-10/h2-3,5,7,9,11H,4,6,8H2,1H3,(H,15,19)(H,17,18). The molecule has 2 unspecified atom stereocenters. The van der Waals surface area contributed by atoms with Crippen LogP contribution in [-0.4, -0.2) is 50.7 Å². The maximum Gasteiger partial charge on any atom is 0.327 e. The van der Waals surface area contributed by atoms with Crippen molar-refractivity contribution < 1.29 is 14.7 Å². The minimum Gasteiger partial charge on any atom is -0.480 e. The third-order valence-corrected chi connectivity index (χ3v) is 4.37. The predicted octanol–water partition coefficient (Wildman–Crippen LogP) is 1.18. The summed E-state index contributed by atoms with van der Waals surface area (Å²) >= 11 is 1.47. The van der Waals surface area contributed by atoms with Crippen molar-refractivity contribution in [3.8, 4) is 0 Å². The summed E-state index contributed by atoms with van der Waals surface area (Å²) in [6, 6.07) is 2.72. The zero-order valence-corrected chi connectivity index (χ0v) is 12.0. The van der Waals surface area contributed by atoms with Gasteiger partial charge in [-0.05, 0) is 25.0 Å². The lowest BCUT2D eigenvalue weighted by Crippen LogP contribution is -2.49. The Labute approximate surface area is 121 Å². The highest BCUT2D eigenvalue weighted by Crippen LogP contribution is 2.28. The number of carboxylic acid groups (broad SMARTS) is 1. The molecular weight excluding hydrogens is 278 g/mol. The third kappa shape index (κ3) is 3.41. The van der Waals surface area contributed by atoms with Crippen LogP contribution >= 0.6 is 11.8 Å². The number of rotatable bonds is 4. The zero-order valence-electron chi connectivity index (χ0n) is 11.2. The molecule has 2 heterocycles. The summed E-state index contributed by atoms with van der Waals surface area (Å²) in [5.41, 5.74) is 1.03. The van der Waals surface area contributed by atoms with Crippen LogP contribution in [0.15, 0.2) is 24.5 Å². The molecule has 1 aliphatic rings. The number of carboxylic acids is 1. The lowest BCUT2D eigenvalue weighted by Gasteiger charge is -2.25. The normalized spacial score (nSPS) is 21.8. The number of nitrogens with one attached hydrogen (secondary N) is 1. The second-order valence-corrected chi connectivity index (χ2v) is 5.89. The maximum atomic E-state index is 12.1. The van der Waals surface area contributed by atoms with E-state index in [2.05, 4.69) is 10.3 Å². The van der Waals surface area contributed by atoms with Crippen molar-refractivity contribution in [1.82, 2.24) is 15.2 Å². The van der Waals surface area contributed by atoms with E-state index in [9.17, 15) is 9.59 Å². The number of pyridine rings is 1. The molecule has 1 aromatic rings.